The largest absolute Gasteiger partial charge is 0.480 e. The highest BCUT2D eigenvalue weighted by Gasteiger charge is 2.72. The third-order valence-electron chi connectivity index (χ3n) is 4.41. The molecule has 0 aromatic carbocycles. The zero-order valence-corrected chi connectivity index (χ0v) is 12.5. The van der Waals surface area contributed by atoms with Crippen molar-refractivity contribution in [2.24, 2.45) is 10.8 Å². The van der Waals surface area contributed by atoms with E-state index in [1.165, 1.54) is 7.11 Å². The van der Waals surface area contributed by atoms with Crippen LogP contribution in [-0.2, 0) is 24.2 Å². The number of nitrogens with one attached hydrogen (secondary N) is 1. The van der Waals surface area contributed by atoms with Gasteiger partial charge in [-0.3, -0.25) is 9.59 Å². The van der Waals surface area contributed by atoms with Crippen molar-refractivity contribution in [1.29, 1.82) is 0 Å². The molecule has 8 heteroatoms. The molecule has 20 heavy (non-hydrogen) atoms. The Labute approximate surface area is 117 Å². The maximum absolute atomic E-state index is 12.3. The summed E-state index contributed by atoms with van der Waals surface area (Å²) < 4.78 is 28.2. The third kappa shape index (κ3) is 2.20. The molecular weight excluding hydrogens is 286 g/mol. The predicted octanol–water partition coefficient (Wildman–Crippen LogP) is -0.584. The van der Waals surface area contributed by atoms with Crippen LogP contribution in [0.3, 0.4) is 0 Å². The van der Waals surface area contributed by atoms with Gasteiger partial charge in [0.05, 0.1) is 23.7 Å². The van der Waals surface area contributed by atoms with Gasteiger partial charge in [0.25, 0.3) is 0 Å². The average Bonchev–Trinajstić information content (AvgIpc) is 2.77. The first-order chi connectivity index (χ1) is 9.06. The minimum Gasteiger partial charge on any atom is -0.480 e. The van der Waals surface area contributed by atoms with E-state index in [2.05, 4.69) is 5.32 Å². The van der Waals surface area contributed by atoms with E-state index in [0.717, 1.165) is 0 Å². The second kappa shape index (κ2) is 4.42. The van der Waals surface area contributed by atoms with E-state index < -0.39 is 44.7 Å². The molecule has 2 fully saturated rings. The number of amides is 1. The number of hydrogen-bond acceptors (Lipinski definition) is 5. The molecular formula is C12H19NO6S. The van der Waals surface area contributed by atoms with E-state index in [4.69, 9.17) is 4.74 Å². The molecule has 1 aliphatic carbocycles. The van der Waals surface area contributed by atoms with E-state index in [9.17, 15) is 23.1 Å². The maximum Gasteiger partial charge on any atom is 0.319 e. The molecule has 1 amide bonds. The lowest BCUT2D eigenvalue weighted by molar-refractivity contribution is -0.151. The van der Waals surface area contributed by atoms with Gasteiger partial charge in [0.1, 0.15) is 0 Å². The van der Waals surface area contributed by atoms with Crippen LogP contribution < -0.4 is 5.32 Å². The Balaban J connectivity index is 2.15. The number of sulfone groups is 1. The van der Waals surface area contributed by atoms with Crippen LogP contribution in [0.25, 0.3) is 0 Å². The number of rotatable bonds is 4. The standard InChI is InChI=1S/C12H19NO6S/c1-11(2)6-12(11,10(15)16)9(14)13-7-4-20(17,18)5-8(7)19-3/h7-8H,4-6H2,1-3H3,(H,13,14)(H,15,16). The van der Waals surface area contributed by atoms with Crippen LogP contribution in [0, 0.1) is 10.8 Å². The molecule has 3 atom stereocenters. The van der Waals surface area contributed by atoms with Gasteiger partial charge in [-0.05, 0) is 11.8 Å². The average molecular weight is 305 g/mol. The van der Waals surface area contributed by atoms with E-state index in [0.29, 0.717) is 0 Å². The molecule has 0 aromatic heterocycles. The number of aliphatic carboxylic acids is 1. The molecule has 0 spiro atoms. The van der Waals surface area contributed by atoms with Gasteiger partial charge in [-0.2, -0.15) is 0 Å². The second-order valence-electron chi connectivity index (χ2n) is 6.20. The van der Waals surface area contributed by atoms with Crippen molar-refractivity contribution in [3.8, 4) is 0 Å². The van der Waals surface area contributed by atoms with E-state index in [1.54, 1.807) is 13.8 Å². The Morgan fingerprint density at radius 1 is 1.30 bits per heavy atom. The van der Waals surface area contributed by atoms with Crippen LogP contribution in [0.4, 0.5) is 0 Å². The zero-order chi connectivity index (χ0) is 15.3. The van der Waals surface area contributed by atoms with Crippen molar-refractivity contribution in [3.05, 3.63) is 0 Å². The molecule has 0 bridgehead atoms. The molecule has 1 heterocycles. The maximum atomic E-state index is 12.3. The molecule has 0 radical (unpaired) electrons. The Kier molecular flexibility index (Phi) is 3.37. The van der Waals surface area contributed by atoms with Gasteiger partial charge >= 0.3 is 5.97 Å². The summed E-state index contributed by atoms with van der Waals surface area (Å²) >= 11 is 0. The molecule has 1 aliphatic heterocycles. The van der Waals surface area contributed by atoms with Crippen molar-refractivity contribution in [2.75, 3.05) is 18.6 Å². The SMILES string of the molecule is COC1CS(=O)(=O)CC1NC(=O)C1(C(=O)O)CC1(C)C. The fourth-order valence-corrected chi connectivity index (χ4v) is 4.79. The highest BCUT2D eigenvalue weighted by molar-refractivity contribution is 7.91. The van der Waals surface area contributed by atoms with Gasteiger partial charge in [-0.1, -0.05) is 13.8 Å². The molecule has 7 nitrogen and oxygen atoms in total. The molecule has 1 saturated carbocycles. The monoisotopic (exact) mass is 305 g/mol. The van der Waals surface area contributed by atoms with Gasteiger partial charge in [0.15, 0.2) is 15.3 Å². The first kappa shape index (κ1) is 15.2. The summed E-state index contributed by atoms with van der Waals surface area (Å²) in [5.74, 6) is -2.17. The Bertz CT molecular complexity index is 554. The fraction of sp³-hybridized carbons (Fsp3) is 0.833. The van der Waals surface area contributed by atoms with Gasteiger partial charge < -0.3 is 15.2 Å². The van der Waals surface area contributed by atoms with Gasteiger partial charge in [-0.15, -0.1) is 0 Å². The van der Waals surface area contributed by atoms with Crippen LogP contribution in [0.1, 0.15) is 20.3 Å². The van der Waals surface area contributed by atoms with Crippen LogP contribution in [0.5, 0.6) is 0 Å². The summed E-state index contributed by atoms with van der Waals surface area (Å²) in [6.07, 6.45) is -0.380. The first-order valence-electron chi connectivity index (χ1n) is 6.33. The molecule has 1 saturated heterocycles. The fourth-order valence-electron chi connectivity index (χ4n) is 2.94. The van der Waals surface area contributed by atoms with Gasteiger partial charge in [0.2, 0.25) is 5.91 Å². The summed E-state index contributed by atoms with van der Waals surface area (Å²) in [6.45, 7) is 3.42. The summed E-state index contributed by atoms with van der Waals surface area (Å²) in [6, 6.07) is -0.690. The molecule has 114 valence electrons. The number of carbonyl (C=O) groups is 2. The molecule has 2 aliphatic rings. The van der Waals surface area contributed by atoms with Crippen LogP contribution in [0.15, 0.2) is 0 Å². The minimum absolute atomic E-state index is 0.155. The lowest BCUT2D eigenvalue weighted by Gasteiger charge is -2.22. The topological polar surface area (TPSA) is 110 Å². The number of ether oxygens (including phenoxy) is 1. The number of hydrogen-bond donors (Lipinski definition) is 2. The van der Waals surface area contributed by atoms with Crippen molar-refractivity contribution < 1.29 is 27.9 Å². The Morgan fingerprint density at radius 3 is 2.25 bits per heavy atom. The smallest absolute Gasteiger partial charge is 0.319 e. The number of methoxy groups -OCH3 is 1. The highest BCUT2D eigenvalue weighted by atomic mass is 32.2. The van der Waals surface area contributed by atoms with Crippen molar-refractivity contribution in [1.82, 2.24) is 5.32 Å². The molecule has 0 aromatic rings. The Hall–Kier alpha value is -1.15. The van der Waals surface area contributed by atoms with Crippen molar-refractivity contribution in [3.63, 3.8) is 0 Å². The van der Waals surface area contributed by atoms with Crippen LogP contribution in [0.2, 0.25) is 0 Å². The van der Waals surface area contributed by atoms with Crippen LogP contribution in [-0.4, -0.2) is 56.2 Å². The third-order valence-corrected chi connectivity index (χ3v) is 6.11. The number of carboxylic acid groups (broad SMARTS) is 1. The quantitative estimate of drug-likeness (QED) is 0.672. The van der Waals surface area contributed by atoms with Crippen molar-refractivity contribution >= 4 is 21.7 Å². The summed E-state index contributed by atoms with van der Waals surface area (Å²) in [5, 5.41) is 11.9. The summed E-state index contributed by atoms with van der Waals surface area (Å²) in [4.78, 5) is 23.7. The van der Waals surface area contributed by atoms with Crippen molar-refractivity contribution in [2.45, 2.75) is 32.4 Å². The van der Waals surface area contributed by atoms with Crippen LogP contribution >= 0.6 is 0 Å². The summed E-state index contributed by atoms with van der Waals surface area (Å²) in [7, 11) is -1.89. The Morgan fingerprint density at radius 2 is 1.85 bits per heavy atom. The number of carboxylic acids is 1. The summed E-state index contributed by atoms with van der Waals surface area (Å²) in [5.41, 5.74) is -2.08. The second-order valence-corrected chi connectivity index (χ2v) is 8.36. The van der Waals surface area contributed by atoms with Gasteiger partial charge in [-0.25, -0.2) is 8.42 Å². The molecule has 2 N–H and O–H groups in total. The minimum atomic E-state index is -3.26. The highest BCUT2D eigenvalue weighted by Crippen LogP contribution is 2.63. The number of carbonyl (C=O) groups excluding carboxylic acids is 1. The van der Waals surface area contributed by atoms with E-state index >= 15 is 0 Å². The normalized spacial score (nSPS) is 37.4. The van der Waals surface area contributed by atoms with E-state index in [-0.39, 0.29) is 17.9 Å². The first-order valence-corrected chi connectivity index (χ1v) is 8.15. The van der Waals surface area contributed by atoms with Gasteiger partial charge in [0, 0.05) is 7.11 Å². The zero-order valence-electron chi connectivity index (χ0n) is 11.7. The lowest BCUT2D eigenvalue weighted by atomic mass is 9.94. The molecule has 2 rings (SSSR count). The predicted molar refractivity (Wildman–Crippen MR) is 69.8 cm³/mol. The lowest BCUT2D eigenvalue weighted by Crippen LogP contribution is -2.49. The molecule has 3 unspecified atom stereocenters. The van der Waals surface area contributed by atoms with E-state index in [1.807, 2.05) is 0 Å².